The zero-order valence-electron chi connectivity index (χ0n) is 10.7. The molecule has 0 aliphatic carbocycles. The number of hydrogen-bond acceptors (Lipinski definition) is 3. The fraction of sp³-hybridized carbons (Fsp3) is 0.500. The molecule has 1 aliphatic rings. The van der Waals surface area contributed by atoms with Crippen molar-refractivity contribution >= 4 is 11.7 Å². The average Bonchev–Trinajstić information content (AvgIpc) is 2.34. The van der Waals surface area contributed by atoms with Gasteiger partial charge >= 0.3 is 5.97 Å². The van der Waals surface area contributed by atoms with Crippen LogP contribution in [-0.2, 0) is 11.2 Å². The monoisotopic (exact) mass is 248 g/mol. The van der Waals surface area contributed by atoms with Gasteiger partial charge in [-0.2, -0.15) is 0 Å². The molecule has 0 aromatic heterocycles. The maximum Gasteiger partial charge on any atom is 0.326 e. The number of fused-ring (bicyclic) bond motifs is 1. The second-order valence-electron chi connectivity index (χ2n) is 4.86. The van der Waals surface area contributed by atoms with Crippen LogP contribution in [0.4, 0.5) is 5.69 Å². The van der Waals surface area contributed by atoms with Crippen LogP contribution in [0, 0.1) is 6.92 Å². The average molecular weight is 248 g/mol. The normalized spacial score (nSPS) is 16.2. The van der Waals surface area contributed by atoms with E-state index >= 15 is 0 Å². The first-order valence-corrected chi connectivity index (χ1v) is 6.42. The fourth-order valence-electron chi connectivity index (χ4n) is 2.65. The summed E-state index contributed by atoms with van der Waals surface area (Å²) in [4.78, 5) is 13.4. The molecule has 0 bridgehead atoms. The van der Waals surface area contributed by atoms with Crippen molar-refractivity contribution in [2.24, 2.45) is 5.73 Å². The van der Waals surface area contributed by atoms with E-state index in [1.807, 2.05) is 17.0 Å². The molecule has 1 unspecified atom stereocenters. The van der Waals surface area contributed by atoms with Crippen LogP contribution in [0.2, 0.25) is 0 Å². The van der Waals surface area contributed by atoms with Crippen molar-refractivity contribution < 1.29 is 9.90 Å². The second-order valence-corrected chi connectivity index (χ2v) is 4.86. The van der Waals surface area contributed by atoms with E-state index < -0.39 is 12.0 Å². The summed E-state index contributed by atoms with van der Waals surface area (Å²) in [5, 5.41) is 9.34. The van der Waals surface area contributed by atoms with Gasteiger partial charge in [0, 0.05) is 12.2 Å². The number of nitrogens with zero attached hydrogens (tertiary/aromatic N) is 1. The minimum absolute atomic E-state index is 0.397. The molecule has 1 atom stereocenters. The molecule has 0 spiro atoms. The van der Waals surface area contributed by atoms with Gasteiger partial charge in [-0.05, 0) is 44.4 Å². The zero-order valence-corrected chi connectivity index (χ0v) is 10.7. The highest BCUT2D eigenvalue weighted by Crippen LogP contribution is 2.30. The third kappa shape index (κ3) is 2.48. The van der Waals surface area contributed by atoms with Crippen LogP contribution < -0.4 is 10.6 Å². The second kappa shape index (κ2) is 5.40. The molecule has 3 N–H and O–H groups in total. The van der Waals surface area contributed by atoms with E-state index in [2.05, 4.69) is 13.0 Å². The van der Waals surface area contributed by atoms with Crippen LogP contribution in [0.3, 0.4) is 0 Å². The van der Waals surface area contributed by atoms with Crippen molar-refractivity contribution in [1.82, 2.24) is 0 Å². The number of carboxylic acid groups (broad SMARTS) is 1. The van der Waals surface area contributed by atoms with Gasteiger partial charge in [0.1, 0.15) is 6.04 Å². The minimum Gasteiger partial charge on any atom is -0.480 e. The molecule has 1 heterocycles. The number of anilines is 1. The van der Waals surface area contributed by atoms with Crippen LogP contribution in [0.25, 0.3) is 0 Å². The number of aliphatic carboxylic acids is 1. The summed E-state index contributed by atoms with van der Waals surface area (Å²) in [6.45, 7) is 3.26. The fourth-order valence-corrected chi connectivity index (χ4v) is 2.65. The number of carboxylic acids is 1. The summed E-state index contributed by atoms with van der Waals surface area (Å²) in [5.74, 6) is -0.783. The summed E-state index contributed by atoms with van der Waals surface area (Å²) in [6, 6.07) is 5.73. The number of benzene rings is 1. The van der Waals surface area contributed by atoms with Gasteiger partial charge < -0.3 is 15.7 Å². The maximum absolute atomic E-state index is 11.4. The molecule has 2 rings (SSSR count). The third-order valence-corrected chi connectivity index (χ3v) is 3.49. The Morgan fingerprint density at radius 2 is 2.33 bits per heavy atom. The summed E-state index contributed by atoms with van der Waals surface area (Å²) < 4.78 is 0. The summed E-state index contributed by atoms with van der Waals surface area (Å²) in [6.07, 6.45) is 2.52. The predicted molar refractivity (Wildman–Crippen MR) is 71.9 cm³/mol. The van der Waals surface area contributed by atoms with Crippen LogP contribution in [0.1, 0.15) is 24.0 Å². The maximum atomic E-state index is 11.4. The van der Waals surface area contributed by atoms with Crippen molar-refractivity contribution in [1.29, 1.82) is 0 Å². The molecule has 0 fully saturated rings. The highest BCUT2D eigenvalue weighted by molar-refractivity contribution is 5.79. The molecule has 18 heavy (non-hydrogen) atoms. The van der Waals surface area contributed by atoms with E-state index in [0.717, 1.165) is 25.1 Å². The molecule has 1 aromatic carbocycles. The van der Waals surface area contributed by atoms with Crippen molar-refractivity contribution in [3.63, 3.8) is 0 Å². The largest absolute Gasteiger partial charge is 0.480 e. The van der Waals surface area contributed by atoms with Crippen LogP contribution in [0.15, 0.2) is 18.2 Å². The third-order valence-electron chi connectivity index (χ3n) is 3.49. The molecule has 1 aliphatic heterocycles. The molecule has 0 amide bonds. The number of aryl methyl sites for hydroxylation is 2. The number of nitrogens with two attached hydrogens (primary N) is 1. The molecule has 0 saturated heterocycles. The van der Waals surface area contributed by atoms with Crippen molar-refractivity contribution in [2.45, 2.75) is 32.2 Å². The van der Waals surface area contributed by atoms with Gasteiger partial charge in [-0.25, -0.2) is 4.79 Å². The minimum atomic E-state index is -0.783. The van der Waals surface area contributed by atoms with Crippen LogP contribution >= 0.6 is 0 Å². The molecule has 98 valence electrons. The lowest BCUT2D eigenvalue weighted by Crippen LogP contribution is -2.45. The Morgan fingerprint density at radius 3 is 3.00 bits per heavy atom. The van der Waals surface area contributed by atoms with E-state index in [4.69, 9.17) is 5.73 Å². The van der Waals surface area contributed by atoms with Gasteiger partial charge in [0.25, 0.3) is 0 Å². The lowest BCUT2D eigenvalue weighted by molar-refractivity contribution is -0.138. The van der Waals surface area contributed by atoms with E-state index in [1.54, 1.807) is 0 Å². The molecule has 1 aromatic rings. The van der Waals surface area contributed by atoms with E-state index in [0.29, 0.717) is 13.0 Å². The van der Waals surface area contributed by atoms with Crippen molar-refractivity contribution in [3.8, 4) is 0 Å². The summed E-state index contributed by atoms with van der Waals surface area (Å²) in [7, 11) is 0. The highest BCUT2D eigenvalue weighted by Gasteiger charge is 2.28. The standard InChI is InChI=1S/C14H20N2O2/c1-10-4-5-12-11(9-10)3-2-8-16(12)13(6-7-15)14(17)18/h4-5,9,13H,2-3,6-8,15H2,1H3,(H,17,18). The lowest BCUT2D eigenvalue weighted by Gasteiger charge is -2.36. The molecule has 0 radical (unpaired) electrons. The Labute approximate surface area is 107 Å². The number of rotatable bonds is 4. The van der Waals surface area contributed by atoms with Crippen molar-refractivity contribution in [2.75, 3.05) is 18.0 Å². The first-order chi connectivity index (χ1) is 8.63. The Balaban J connectivity index is 2.33. The predicted octanol–water partition coefficient (Wildman–Crippen LogP) is 1.55. The zero-order chi connectivity index (χ0) is 13.1. The molecular formula is C14H20N2O2. The van der Waals surface area contributed by atoms with Gasteiger partial charge in [-0.1, -0.05) is 17.7 Å². The molecule has 0 saturated carbocycles. The number of carbonyl (C=O) groups is 1. The summed E-state index contributed by atoms with van der Waals surface area (Å²) >= 11 is 0. The topological polar surface area (TPSA) is 66.6 Å². The van der Waals surface area contributed by atoms with E-state index in [9.17, 15) is 9.90 Å². The summed E-state index contributed by atoms with van der Waals surface area (Å²) in [5.41, 5.74) is 9.07. The van der Waals surface area contributed by atoms with Gasteiger partial charge in [-0.3, -0.25) is 0 Å². The molecular weight excluding hydrogens is 228 g/mol. The smallest absolute Gasteiger partial charge is 0.326 e. The van der Waals surface area contributed by atoms with Gasteiger partial charge in [-0.15, -0.1) is 0 Å². The van der Waals surface area contributed by atoms with Gasteiger partial charge in [0.05, 0.1) is 0 Å². The molecule has 4 heteroatoms. The first-order valence-electron chi connectivity index (χ1n) is 6.42. The first kappa shape index (κ1) is 12.9. The Hall–Kier alpha value is -1.55. The molecule has 4 nitrogen and oxygen atoms in total. The van der Waals surface area contributed by atoms with Crippen LogP contribution in [-0.4, -0.2) is 30.2 Å². The van der Waals surface area contributed by atoms with E-state index in [-0.39, 0.29) is 0 Å². The lowest BCUT2D eigenvalue weighted by atomic mass is 9.97. The SMILES string of the molecule is Cc1ccc2c(c1)CCCN2C(CCN)C(=O)O. The number of hydrogen-bond donors (Lipinski definition) is 2. The van der Waals surface area contributed by atoms with Crippen LogP contribution in [0.5, 0.6) is 0 Å². The Morgan fingerprint density at radius 1 is 1.56 bits per heavy atom. The highest BCUT2D eigenvalue weighted by atomic mass is 16.4. The Bertz CT molecular complexity index is 445. The Kier molecular flexibility index (Phi) is 3.87. The van der Waals surface area contributed by atoms with Crippen molar-refractivity contribution in [3.05, 3.63) is 29.3 Å². The quantitative estimate of drug-likeness (QED) is 0.848. The van der Waals surface area contributed by atoms with Gasteiger partial charge in [0.2, 0.25) is 0 Å². The van der Waals surface area contributed by atoms with Gasteiger partial charge in [0.15, 0.2) is 0 Å². The van der Waals surface area contributed by atoms with E-state index in [1.165, 1.54) is 11.1 Å².